The molecule has 0 aromatic heterocycles. The fourth-order valence-electron chi connectivity index (χ4n) is 1.47. The van der Waals surface area contributed by atoms with Gasteiger partial charge in [-0.2, -0.15) is 0 Å². The Bertz CT molecular complexity index is 310. The van der Waals surface area contributed by atoms with Crippen molar-refractivity contribution in [3.05, 3.63) is 29.6 Å². The molecule has 0 saturated heterocycles. The zero-order valence-electron chi connectivity index (χ0n) is 9.29. The first kappa shape index (κ1) is 12.0. The summed E-state index contributed by atoms with van der Waals surface area (Å²) >= 11 is 0. The summed E-state index contributed by atoms with van der Waals surface area (Å²) in [7, 11) is 0. The van der Waals surface area contributed by atoms with E-state index < -0.39 is 0 Å². The van der Waals surface area contributed by atoms with E-state index in [1.54, 1.807) is 12.1 Å². The van der Waals surface area contributed by atoms with Crippen molar-refractivity contribution in [2.45, 2.75) is 39.3 Å². The molecule has 0 aliphatic carbocycles. The monoisotopic (exact) mass is 211 g/mol. The van der Waals surface area contributed by atoms with Crippen LogP contribution in [0.5, 0.6) is 5.75 Å². The third-order valence-corrected chi connectivity index (χ3v) is 2.46. The molecule has 0 unspecified atom stereocenters. The summed E-state index contributed by atoms with van der Waals surface area (Å²) in [5.74, 6) is -0.0152. The quantitative estimate of drug-likeness (QED) is 0.812. The first-order valence-corrected chi connectivity index (χ1v) is 5.37. The third-order valence-electron chi connectivity index (χ3n) is 2.46. The highest BCUT2D eigenvalue weighted by Crippen LogP contribution is 2.24. The van der Waals surface area contributed by atoms with Crippen molar-refractivity contribution in [3.63, 3.8) is 0 Å². The van der Waals surface area contributed by atoms with Crippen molar-refractivity contribution in [1.82, 2.24) is 0 Å². The SMILES string of the molecule is CCC(CC)Oc1c(F)cccc1CN. The molecule has 1 aromatic rings. The van der Waals surface area contributed by atoms with Crippen LogP contribution in [0.25, 0.3) is 0 Å². The van der Waals surface area contributed by atoms with E-state index in [4.69, 9.17) is 10.5 Å². The van der Waals surface area contributed by atoms with Gasteiger partial charge < -0.3 is 10.5 Å². The van der Waals surface area contributed by atoms with E-state index in [-0.39, 0.29) is 11.9 Å². The average Bonchev–Trinajstić information content (AvgIpc) is 2.27. The largest absolute Gasteiger partial charge is 0.487 e. The standard InChI is InChI=1S/C12H18FNO/c1-3-10(4-2)15-12-9(8-14)6-5-7-11(12)13/h5-7,10H,3-4,8,14H2,1-2H3. The number of hydrogen-bond donors (Lipinski definition) is 1. The van der Waals surface area contributed by atoms with Crippen molar-refractivity contribution in [3.8, 4) is 5.75 Å². The van der Waals surface area contributed by atoms with Crippen LogP contribution < -0.4 is 10.5 Å². The summed E-state index contributed by atoms with van der Waals surface area (Å²) in [5.41, 5.74) is 6.26. The second-order valence-electron chi connectivity index (χ2n) is 3.49. The van der Waals surface area contributed by atoms with E-state index in [2.05, 4.69) is 0 Å². The zero-order valence-corrected chi connectivity index (χ0v) is 9.29. The van der Waals surface area contributed by atoms with E-state index in [1.165, 1.54) is 6.07 Å². The smallest absolute Gasteiger partial charge is 0.165 e. The molecule has 0 aliphatic heterocycles. The fourth-order valence-corrected chi connectivity index (χ4v) is 1.47. The zero-order chi connectivity index (χ0) is 11.3. The van der Waals surface area contributed by atoms with Gasteiger partial charge in [-0.05, 0) is 18.9 Å². The normalized spacial score (nSPS) is 10.7. The highest BCUT2D eigenvalue weighted by atomic mass is 19.1. The van der Waals surface area contributed by atoms with E-state index >= 15 is 0 Å². The molecule has 0 spiro atoms. The Morgan fingerprint density at radius 3 is 2.53 bits per heavy atom. The lowest BCUT2D eigenvalue weighted by Gasteiger charge is -2.18. The van der Waals surface area contributed by atoms with E-state index in [0.717, 1.165) is 18.4 Å². The molecule has 0 bridgehead atoms. The molecule has 0 amide bonds. The molecule has 0 heterocycles. The number of nitrogens with two attached hydrogens (primary N) is 1. The molecule has 84 valence electrons. The first-order valence-electron chi connectivity index (χ1n) is 5.37. The molecule has 0 atom stereocenters. The molecular weight excluding hydrogens is 193 g/mol. The van der Waals surface area contributed by atoms with Gasteiger partial charge in [0.2, 0.25) is 0 Å². The lowest BCUT2D eigenvalue weighted by molar-refractivity contribution is 0.182. The minimum Gasteiger partial charge on any atom is -0.487 e. The maximum absolute atomic E-state index is 13.5. The Morgan fingerprint density at radius 2 is 2.00 bits per heavy atom. The minimum atomic E-state index is -0.329. The number of benzene rings is 1. The van der Waals surface area contributed by atoms with Gasteiger partial charge in [-0.15, -0.1) is 0 Å². The molecule has 1 rings (SSSR count). The predicted molar refractivity (Wildman–Crippen MR) is 59.3 cm³/mol. The Labute approximate surface area is 90.2 Å². The van der Waals surface area contributed by atoms with Crippen LogP contribution >= 0.6 is 0 Å². The number of halogens is 1. The lowest BCUT2D eigenvalue weighted by Crippen LogP contribution is -2.16. The predicted octanol–water partition coefficient (Wildman–Crippen LogP) is 2.85. The van der Waals surface area contributed by atoms with Gasteiger partial charge in [0.15, 0.2) is 11.6 Å². The number of ether oxygens (including phenoxy) is 1. The Morgan fingerprint density at radius 1 is 1.33 bits per heavy atom. The van der Waals surface area contributed by atoms with E-state index in [9.17, 15) is 4.39 Å². The molecular formula is C12H18FNO. The van der Waals surface area contributed by atoms with Gasteiger partial charge in [0, 0.05) is 12.1 Å². The first-order chi connectivity index (χ1) is 7.22. The van der Waals surface area contributed by atoms with Gasteiger partial charge >= 0.3 is 0 Å². The van der Waals surface area contributed by atoms with Gasteiger partial charge in [-0.1, -0.05) is 26.0 Å². The van der Waals surface area contributed by atoms with Crippen molar-refractivity contribution >= 4 is 0 Å². The van der Waals surface area contributed by atoms with Crippen LogP contribution in [-0.4, -0.2) is 6.10 Å². The van der Waals surface area contributed by atoms with Crippen molar-refractivity contribution < 1.29 is 9.13 Å². The molecule has 0 aliphatic rings. The molecule has 3 heteroatoms. The van der Waals surface area contributed by atoms with Crippen molar-refractivity contribution in [2.75, 3.05) is 0 Å². The van der Waals surface area contributed by atoms with Gasteiger partial charge in [-0.3, -0.25) is 0 Å². The summed E-state index contributed by atoms with van der Waals surface area (Å²) in [4.78, 5) is 0. The van der Waals surface area contributed by atoms with Crippen LogP contribution in [0, 0.1) is 5.82 Å². The average molecular weight is 211 g/mol. The van der Waals surface area contributed by atoms with E-state index in [0.29, 0.717) is 12.3 Å². The highest BCUT2D eigenvalue weighted by Gasteiger charge is 2.12. The second-order valence-corrected chi connectivity index (χ2v) is 3.49. The maximum atomic E-state index is 13.5. The maximum Gasteiger partial charge on any atom is 0.165 e. The van der Waals surface area contributed by atoms with Crippen molar-refractivity contribution in [1.29, 1.82) is 0 Å². The highest BCUT2D eigenvalue weighted by molar-refractivity contribution is 5.34. The molecule has 15 heavy (non-hydrogen) atoms. The molecule has 2 nitrogen and oxygen atoms in total. The van der Waals surface area contributed by atoms with E-state index in [1.807, 2.05) is 13.8 Å². The van der Waals surface area contributed by atoms with Gasteiger partial charge in [0.05, 0.1) is 6.10 Å². The Hall–Kier alpha value is -1.09. The lowest BCUT2D eigenvalue weighted by atomic mass is 10.1. The molecule has 0 fully saturated rings. The summed E-state index contributed by atoms with van der Waals surface area (Å²) in [6, 6.07) is 4.84. The van der Waals surface area contributed by atoms with Crippen LogP contribution in [0.1, 0.15) is 32.3 Å². The number of para-hydroxylation sites is 1. The van der Waals surface area contributed by atoms with Crippen molar-refractivity contribution in [2.24, 2.45) is 5.73 Å². The fraction of sp³-hybridized carbons (Fsp3) is 0.500. The Kier molecular flexibility index (Phi) is 4.56. The van der Waals surface area contributed by atoms with Gasteiger partial charge in [0.1, 0.15) is 0 Å². The molecule has 0 saturated carbocycles. The van der Waals surface area contributed by atoms with Crippen LogP contribution in [0.2, 0.25) is 0 Å². The summed E-state index contributed by atoms with van der Waals surface area (Å²) in [5, 5.41) is 0. The molecule has 2 N–H and O–H groups in total. The molecule has 0 radical (unpaired) electrons. The van der Waals surface area contributed by atoms with Crippen LogP contribution in [0.4, 0.5) is 4.39 Å². The topological polar surface area (TPSA) is 35.2 Å². The third kappa shape index (κ3) is 2.93. The molecule has 1 aromatic carbocycles. The number of hydrogen-bond acceptors (Lipinski definition) is 2. The summed E-state index contributed by atoms with van der Waals surface area (Å²) in [6.45, 7) is 4.35. The minimum absolute atomic E-state index is 0.0622. The Balaban J connectivity index is 2.91. The number of rotatable bonds is 5. The van der Waals surface area contributed by atoms with Crippen LogP contribution in [-0.2, 0) is 6.54 Å². The van der Waals surface area contributed by atoms with Crippen LogP contribution in [0.15, 0.2) is 18.2 Å². The summed E-state index contributed by atoms with van der Waals surface area (Å²) < 4.78 is 19.1. The van der Waals surface area contributed by atoms with Crippen LogP contribution in [0.3, 0.4) is 0 Å². The second kappa shape index (κ2) is 5.71. The summed E-state index contributed by atoms with van der Waals surface area (Å²) in [6.07, 6.45) is 1.80. The van der Waals surface area contributed by atoms with Gasteiger partial charge in [0.25, 0.3) is 0 Å². The van der Waals surface area contributed by atoms with Gasteiger partial charge in [-0.25, -0.2) is 4.39 Å².